The molecule has 0 unspecified atom stereocenters. The maximum absolute atomic E-state index is 12.3. The van der Waals surface area contributed by atoms with Gasteiger partial charge in [-0.05, 0) is 32.9 Å². The summed E-state index contributed by atoms with van der Waals surface area (Å²) in [7, 11) is 1.64. The van der Waals surface area contributed by atoms with Crippen LogP contribution in [0, 0.1) is 0 Å². The lowest BCUT2D eigenvalue weighted by Gasteiger charge is -2.18. The van der Waals surface area contributed by atoms with Crippen molar-refractivity contribution in [2.75, 3.05) is 32.2 Å². The molecule has 180 valence electrons. The summed E-state index contributed by atoms with van der Waals surface area (Å²) in [6, 6.07) is 14.6. The summed E-state index contributed by atoms with van der Waals surface area (Å²) in [6.45, 7) is 7.37. The van der Waals surface area contributed by atoms with Crippen LogP contribution in [-0.4, -0.2) is 47.7 Å². The first-order valence-corrected chi connectivity index (χ1v) is 11.3. The van der Waals surface area contributed by atoms with Crippen LogP contribution in [0.2, 0.25) is 0 Å². The van der Waals surface area contributed by atoms with E-state index in [4.69, 9.17) is 14.5 Å². The Balaban J connectivity index is 2.18. The van der Waals surface area contributed by atoms with Gasteiger partial charge in [-0.1, -0.05) is 30.3 Å². The Kier molecular flexibility index (Phi) is 8.89. The number of carbonyl (C=O) groups excluding carboxylic acids is 1. The van der Waals surface area contributed by atoms with Gasteiger partial charge in [-0.15, -0.1) is 0 Å². The number of rotatable bonds is 10. The Bertz CT molecular complexity index is 1160. The van der Waals surface area contributed by atoms with Crippen molar-refractivity contribution >= 4 is 11.8 Å². The zero-order valence-electron chi connectivity index (χ0n) is 20.0. The van der Waals surface area contributed by atoms with Crippen LogP contribution < -0.4 is 16.2 Å². The number of nitrogens with one attached hydrogen (secondary N) is 2. The number of pyridine rings is 1. The fourth-order valence-corrected chi connectivity index (χ4v) is 3.40. The summed E-state index contributed by atoms with van der Waals surface area (Å²) in [6.07, 6.45) is -0.569. The molecule has 34 heavy (non-hydrogen) atoms. The number of amides is 1. The van der Waals surface area contributed by atoms with Gasteiger partial charge in [0, 0.05) is 37.4 Å². The first-order chi connectivity index (χ1) is 16.4. The summed E-state index contributed by atoms with van der Waals surface area (Å²) in [5.41, 5.74) is 3.81. The van der Waals surface area contributed by atoms with Gasteiger partial charge in [0.05, 0.1) is 42.0 Å². The Morgan fingerprint density at radius 3 is 2.59 bits per heavy atom. The molecule has 0 aliphatic heterocycles. The first-order valence-electron chi connectivity index (χ1n) is 11.3. The molecule has 0 saturated carbocycles. The summed E-state index contributed by atoms with van der Waals surface area (Å²) < 4.78 is 11.6. The average Bonchev–Trinajstić information content (AvgIpc) is 2.83. The summed E-state index contributed by atoms with van der Waals surface area (Å²) in [5.74, 6) is 0. The van der Waals surface area contributed by atoms with Crippen LogP contribution in [-0.2, 0) is 16.0 Å². The molecule has 2 aromatic heterocycles. The lowest BCUT2D eigenvalue weighted by atomic mass is 10.0. The molecule has 0 aliphatic carbocycles. The quantitative estimate of drug-likeness (QED) is 0.438. The summed E-state index contributed by atoms with van der Waals surface area (Å²) >= 11 is 0. The SMILES string of the molecule is CCOC(=O)Nc1cc(-c2ccc(=O)n(C(C)C)n2)c(-c2ccccc2)nc1CNCCOC. The van der Waals surface area contributed by atoms with E-state index < -0.39 is 6.09 Å². The van der Waals surface area contributed by atoms with Gasteiger partial charge in [-0.2, -0.15) is 5.10 Å². The van der Waals surface area contributed by atoms with Crippen molar-refractivity contribution in [3.63, 3.8) is 0 Å². The highest BCUT2D eigenvalue weighted by Gasteiger charge is 2.19. The zero-order chi connectivity index (χ0) is 24.5. The number of anilines is 1. The van der Waals surface area contributed by atoms with Crippen LogP contribution in [0.4, 0.5) is 10.5 Å². The predicted octanol–water partition coefficient (Wildman–Crippen LogP) is 3.86. The third kappa shape index (κ3) is 6.27. The predicted molar refractivity (Wildman–Crippen MR) is 132 cm³/mol. The van der Waals surface area contributed by atoms with E-state index in [9.17, 15) is 9.59 Å². The molecule has 3 aromatic rings. The van der Waals surface area contributed by atoms with Gasteiger partial charge in [0.15, 0.2) is 0 Å². The monoisotopic (exact) mass is 465 g/mol. The van der Waals surface area contributed by atoms with Crippen molar-refractivity contribution in [3.8, 4) is 22.5 Å². The van der Waals surface area contributed by atoms with E-state index in [-0.39, 0.29) is 18.2 Å². The van der Waals surface area contributed by atoms with Gasteiger partial charge in [0.1, 0.15) is 0 Å². The fourth-order valence-electron chi connectivity index (χ4n) is 3.40. The number of carbonyl (C=O) groups is 1. The molecular formula is C25H31N5O4. The number of ether oxygens (including phenoxy) is 2. The molecule has 2 N–H and O–H groups in total. The summed E-state index contributed by atoms with van der Waals surface area (Å²) in [4.78, 5) is 29.5. The molecule has 1 amide bonds. The van der Waals surface area contributed by atoms with E-state index in [0.29, 0.717) is 48.0 Å². The smallest absolute Gasteiger partial charge is 0.411 e. The first kappa shape index (κ1) is 25.1. The normalized spacial score (nSPS) is 11.0. The van der Waals surface area contributed by atoms with Gasteiger partial charge < -0.3 is 14.8 Å². The van der Waals surface area contributed by atoms with Gasteiger partial charge in [0.2, 0.25) is 0 Å². The number of methoxy groups -OCH3 is 1. The van der Waals surface area contributed by atoms with Crippen LogP contribution in [0.5, 0.6) is 0 Å². The topological polar surface area (TPSA) is 107 Å². The standard InChI is InChI=1S/C25H31N5O4/c1-5-34-25(32)28-21-15-19(20-11-12-23(31)30(29-20)17(2)3)24(18-9-7-6-8-10-18)27-22(21)16-26-13-14-33-4/h6-12,15,17,26H,5,13-14,16H2,1-4H3,(H,28,32). The maximum Gasteiger partial charge on any atom is 0.411 e. The van der Waals surface area contributed by atoms with Crippen molar-refractivity contribution in [2.24, 2.45) is 0 Å². The Morgan fingerprint density at radius 1 is 1.15 bits per heavy atom. The molecule has 2 heterocycles. The van der Waals surface area contributed by atoms with Crippen molar-refractivity contribution in [1.29, 1.82) is 0 Å². The molecule has 9 nitrogen and oxygen atoms in total. The van der Waals surface area contributed by atoms with Gasteiger partial charge in [-0.25, -0.2) is 14.5 Å². The molecule has 0 aliphatic rings. The molecule has 0 fully saturated rings. The number of aromatic nitrogens is 3. The Morgan fingerprint density at radius 2 is 1.91 bits per heavy atom. The lowest BCUT2D eigenvalue weighted by molar-refractivity contribution is 0.168. The average molecular weight is 466 g/mol. The minimum Gasteiger partial charge on any atom is -0.450 e. The maximum atomic E-state index is 12.3. The minimum absolute atomic E-state index is 0.109. The van der Waals surface area contributed by atoms with E-state index in [2.05, 4.69) is 15.7 Å². The van der Waals surface area contributed by atoms with E-state index >= 15 is 0 Å². The summed E-state index contributed by atoms with van der Waals surface area (Å²) in [5, 5.41) is 10.7. The van der Waals surface area contributed by atoms with Crippen molar-refractivity contribution in [3.05, 3.63) is 64.6 Å². The third-order valence-electron chi connectivity index (χ3n) is 5.03. The molecule has 3 rings (SSSR count). The van der Waals surface area contributed by atoms with Crippen LogP contribution in [0.15, 0.2) is 53.3 Å². The largest absolute Gasteiger partial charge is 0.450 e. The van der Waals surface area contributed by atoms with Crippen LogP contribution in [0.1, 0.15) is 32.5 Å². The molecule has 0 bridgehead atoms. The lowest BCUT2D eigenvalue weighted by Crippen LogP contribution is -2.24. The van der Waals surface area contributed by atoms with Gasteiger partial charge in [-0.3, -0.25) is 10.1 Å². The van der Waals surface area contributed by atoms with Crippen molar-refractivity contribution < 1.29 is 14.3 Å². The highest BCUT2D eigenvalue weighted by molar-refractivity contribution is 5.89. The molecule has 0 radical (unpaired) electrons. The van der Waals surface area contributed by atoms with Crippen molar-refractivity contribution in [2.45, 2.75) is 33.4 Å². The van der Waals surface area contributed by atoms with Crippen LogP contribution in [0.3, 0.4) is 0 Å². The minimum atomic E-state index is -0.569. The Labute approximate surface area is 199 Å². The van der Waals surface area contributed by atoms with Gasteiger partial charge in [0.25, 0.3) is 5.56 Å². The molecule has 0 spiro atoms. The highest BCUT2D eigenvalue weighted by atomic mass is 16.5. The highest BCUT2D eigenvalue weighted by Crippen LogP contribution is 2.33. The molecule has 0 saturated heterocycles. The second-order valence-electron chi connectivity index (χ2n) is 7.85. The third-order valence-corrected chi connectivity index (χ3v) is 5.03. The number of hydrogen-bond donors (Lipinski definition) is 2. The molecule has 0 atom stereocenters. The van der Waals surface area contributed by atoms with Crippen LogP contribution in [0.25, 0.3) is 22.5 Å². The fraction of sp³-hybridized carbons (Fsp3) is 0.360. The zero-order valence-corrected chi connectivity index (χ0v) is 20.0. The molecular weight excluding hydrogens is 434 g/mol. The van der Waals surface area contributed by atoms with Crippen molar-refractivity contribution in [1.82, 2.24) is 20.1 Å². The number of benzene rings is 1. The molecule has 9 heteroatoms. The second kappa shape index (κ2) is 12.1. The number of nitrogens with zero attached hydrogens (tertiary/aromatic N) is 3. The van der Waals surface area contributed by atoms with Crippen LogP contribution >= 0.6 is 0 Å². The second-order valence-corrected chi connectivity index (χ2v) is 7.85. The van der Waals surface area contributed by atoms with E-state index in [1.165, 1.54) is 10.7 Å². The van der Waals surface area contributed by atoms with E-state index in [1.807, 2.05) is 50.2 Å². The number of hydrogen-bond acceptors (Lipinski definition) is 7. The van der Waals surface area contributed by atoms with E-state index in [1.54, 1.807) is 20.1 Å². The van der Waals surface area contributed by atoms with E-state index in [0.717, 1.165) is 5.56 Å². The molecule has 1 aromatic carbocycles. The van der Waals surface area contributed by atoms with Gasteiger partial charge >= 0.3 is 6.09 Å². The Hall–Kier alpha value is -3.56.